The van der Waals surface area contributed by atoms with Gasteiger partial charge in [-0.3, -0.25) is 9.59 Å². The third-order valence-electron chi connectivity index (χ3n) is 4.88. The molecule has 1 aromatic carbocycles. The Kier molecular flexibility index (Phi) is 6.65. The van der Waals surface area contributed by atoms with Crippen LogP contribution in [0.2, 0.25) is 5.02 Å². The molecular weight excluding hydrogens is 338 g/mol. The molecule has 0 aromatic heterocycles. The number of carbonyl (C=O) groups excluding carboxylic acids is 2. The van der Waals surface area contributed by atoms with Crippen molar-refractivity contribution in [1.82, 2.24) is 4.90 Å². The van der Waals surface area contributed by atoms with E-state index in [0.717, 1.165) is 25.7 Å². The van der Waals surface area contributed by atoms with Gasteiger partial charge in [-0.1, -0.05) is 62.9 Å². The quantitative estimate of drug-likeness (QED) is 0.718. The molecule has 0 aliphatic carbocycles. The summed E-state index contributed by atoms with van der Waals surface area (Å²) in [7, 11) is 0. The number of ketones is 1. The van der Waals surface area contributed by atoms with Crippen LogP contribution in [0.15, 0.2) is 35.6 Å². The van der Waals surface area contributed by atoms with Gasteiger partial charge in [-0.25, -0.2) is 0 Å². The van der Waals surface area contributed by atoms with Gasteiger partial charge in [-0.05, 0) is 30.9 Å². The van der Waals surface area contributed by atoms with Gasteiger partial charge in [0, 0.05) is 11.6 Å². The molecule has 5 heteroatoms. The van der Waals surface area contributed by atoms with E-state index in [4.69, 9.17) is 11.6 Å². The number of aliphatic hydroxyl groups is 1. The smallest absolute Gasteiger partial charge is 0.290 e. The van der Waals surface area contributed by atoms with E-state index < -0.39 is 17.7 Å². The number of carbonyl (C=O) groups is 2. The van der Waals surface area contributed by atoms with Gasteiger partial charge in [-0.15, -0.1) is 0 Å². The molecule has 25 heavy (non-hydrogen) atoms. The second kappa shape index (κ2) is 8.52. The van der Waals surface area contributed by atoms with E-state index in [1.54, 1.807) is 17.0 Å². The lowest BCUT2D eigenvalue weighted by molar-refractivity contribution is -0.130. The first-order chi connectivity index (χ1) is 11.9. The molecule has 136 valence electrons. The van der Waals surface area contributed by atoms with Crippen molar-refractivity contribution in [2.24, 2.45) is 5.92 Å². The summed E-state index contributed by atoms with van der Waals surface area (Å²) in [6.07, 6.45) is 4.15. The van der Waals surface area contributed by atoms with Gasteiger partial charge in [0.25, 0.3) is 5.91 Å². The van der Waals surface area contributed by atoms with Crippen LogP contribution in [0.4, 0.5) is 0 Å². The van der Waals surface area contributed by atoms with E-state index in [9.17, 15) is 14.7 Å². The summed E-state index contributed by atoms with van der Waals surface area (Å²) in [4.78, 5) is 26.4. The highest BCUT2D eigenvalue weighted by atomic mass is 35.5. The van der Waals surface area contributed by atoms with Crippen molar-refractivity contribution >= 4 is 23.3 Å². The number of Topliss-reactive ketones (excluding diaryl/α,β-unsaturated/α-hetero) is 1. The van der Waals surface area contributed by atoms with Crippen LogP contribution < -0.4 is 0 Å². The number of aliphatic hydroxyl groups excluding tert-OH is 1. The molecule has 1 N–H and O–H groups in total. The molecule has 1 aliphatic heterocycles. The normalized spacial score (nSPS) is 18.8. The zero-order valence-electron chi connectivity index (χ0n) is 15.1. The molecule has 0 spiro atoms. The van der Waals surface area contributed by atoms with Crippen molar-refractivity contribution in [3.05, 3.63) is 46.2 Å². The maximum absolute atomic E-state index is 12.7. The fourth-order valence-corrected chi connectivity index (χ4v) is 3.66. The molecule has 0 fully saturated rings. The van der Waals surface area contributed by atoms with Crippen molar-refractivity contribution in [3.63, 3.8) is 0 Å². The molecule has 4 nitrogen and oxygen atoms in total. The second-order valence-electron chi connectivity index (χ2n) is 6.62. The molecule has 0 saturated heterocycles. The maximum Gasteiger partial charge on any atom is 0.290 e. The molecule has 1 heterocycles. The van der Waals surface area contributed by atoms with Crippen molar-refractivity contribution in [2.75, 3.05) is 6.54 Å². The van der Waals surface area contributed by atoms with Gasteiger partial charge in [-0.2, -0.15) is 0 Å². The Morgan fingerprint density at radius 3 is 2.56 bits per heavy atom. The van der Waals surface area contributed by atoms with E-state index >= 15 is 0 Å². The number of hydrogen-bond donors (Lipinski definition) is 1. The summed E-state index contributed by atoms with van der Waals surface area (Å²) < 4.78 is 0. The van der Waals surface area contributed by atoms with Gasteiger partial charge in [0.15, 0.2) is 11.5 Å². The minimum Gasteiger partial charge on any atom is -0.503 e. The predicted molar refractivity (Wildman–Crippen MR) is 99.5 cm³/mol. The first-order valence-corrected chi connectivity index (χ1v) is 9.29. The van der Waals surface area contributed by atoms with E-state index in [2.05, 4.69) is 13.8 Å². The molecule has 0 radical (unpaired) electrons. The number of benzene rings is 1. The van der Waals surface area contributed by atoms with E-state index in [1.165, 1.54) is 6.92 Å². The molecular formula is C20H26ClNO3. The van der Waals surface area contributed by atoms with Gasteiger partial charge in [0.05, 0.1) is 11.6 Å². The molecule has 1 amide bonds. The number of rotatable bonds is 8. The number of halogens is 1. The van der Waals surface area contributed by atoms with Crippen LogP contribution in [0.5, 0.6) is 0 Å². The summed E-state index contributed by atoms with van der Waals surface area (Å²) in [5, 5.41) is 10.8. The van der Waals surface area contributed by atoms with Crippen LogP contribution in [0.3, 0.4) is 0 Å². The molecule has 1 aromatic rings. The minimum atomic E-state index is -0.616. The SMILES string of the molecule is CCCC[C@H](CC)CN1C(=O)C(O)=C(C(C)=O)[C@@H]1c1ccccc1Cl. The third kappa shape index (κ3) is 4.06. The monoisotopic (exact) mass is 363 g/mol. The highest BCUT2D eigenvalue weighted by Crippen LogP contribution is 2.41. The summed E-state index contributed by atoms with van der Waals surface area (Å²) in [5.74, 6) is -0.902. The van der Waals surface area contributed by atoms with Crippen molar-refractivity contribution in [2.45, 2.75) is 52.5 Å². The predicted octanol–water partition coefficient (Wildman–Crippen LogP) is 4.84. The Morgan fingerprint density at radius 2 is 2.00 bits per heavy atom. The van der Waals surface area contributed by atoms with Crippen LogP contribution in [0, 0.1) is 5.92 Å². The topological polar surface area (TPSA) is 57.6 Å². The molecule has 2 rings (SSSR count). The van der Waals surface area contributed by atoms with Crippen LogP contribution in [0.25, 0.3) is 0 Å². The van der Waals surface area contributed by atoms with E-state index in [1.807, 2.05) is 12.1 Å². The Labute approximate surface area is 154 Å². The first-order valence-electron chi connectivity index (χ1n) is 8.91. The van der Waals surface area contributed by atoms with Crippen LogP contribution >= 0.6 is 11.6 Å². The van der Waals surface area contributed by atoms with Crippen molar-refractivity contribution < 1.29 is 14.7 Å². The van der Waals surface area contributed by atoms with Gasteiger partial charge >= 0.3 is 0 Å². The van der Waals surface area contributed by atoms with Crippen LogP contribution in [-0.4, -0.2) is 28.2 Å². The summed E-state index contributed by atoms with van der Waals surface area (Å²) in [6.45, 7) is 6.12. The number of hydrogen-bond acceptors (Lipinski definition) is 3. The highest BCUT2D eigenvalue weighted by Gasteiger charge is 2.43. The average molecular weight is 364 g/mol. The minimum absolute atomic E-state index is 0.142. The standard InChI is InChI=1S/C20H26ClNO3/c1-4-6-9-14(5-2)12-22-18(15-10-7-8-11-16(15)21)17(13(3)23)19(24)20(22)25/h7-8,10-11,14,18,24H,4-6,9,12H2,1-3H3/t14-,18-/m0/s1. The van der Waals surface area contributed by atoms with E-state index in [-0.39, 0.29) is 11.4 Å². The van der Waals surface area contributed by atoms with Gasteiger partial charge in [0.2, 0.25) is 0 Å². The van der Waals surface area contributed by atoms with Crippen LogP contribution in [0.1, 0.15) is 58.1 Å². The summed E-state index contributed by atoms with van der Waals surface area (Å²) >= 11 is 6.34. The second-order valence-corrected chi connectivity index (χ2v) is 7.02. The average Bonchev–Trinajstić information content (AvgIpc) is 2.83. The lowest BCUT2D eigenvalue weighted by Gasteiger charge is -2.30. The number of nitrogens with zero attached hydrogens (tertiary/aromatic N) is 1. The first kappa shape index (κ1) is 19.5. The highest BCUT2D eigenvalue weighted by molar-refractivity contribution is 6.31. The zero-order chi connectivity index (χ0) is 18.6. The maximum atomic E-state index is 12.7. The van der Waals surface area contributed by atoms with Crippen LogP contribution in [-0.2, 0) is 9.59 Å². The summed E-state index contributed by atoms with van der Waals surface area (Å²) in [5.41, 5.74) is 0.820. The largest absolute Gasteiger partial charge is 0.503 e. The number of amides is 1. The fourth-order valence-electron chi connectivity index (χ4n) is 3.42. The Morgan fingerprint density at radius 1 is 1.32 bits per heavy atom. The molecule has 2 atom stereocenters. The van der Waals surface area contributed by atoms with E-state index in [0.29, 0.717) is 23.0 Å². The third-order valence-corrected chi connectivity index (χ3v) is 5.23. The number of unbranched alkanes of at least 4 members (excludes halogenated alkanes) is 1. The molecule has 0 bridgehead atoms. The lowest BCUT2D eigenvalue weighted by atomic mass is 9.94. The van der Waals surface area contributed by atoms with Gasteiger partial charge < -0.3 is 10.0 Å². The molecule has 1 aliphatic rings. The van der Waals surface area contributed by atoms with Crippen molar-refractivity contribution in [3.8, 4) is 0 Å². The Balaban J connectivity index is 2.42. The lowest BCUT2D eigenvalue weighted by Crippen LogP contribution is -2.35. The Hall–Kier alpha value is -1.81. The fraction of sp³-hybridized carbons (Fsp3) is 0.500. The van der Waals surface area contributed by atoms with Gasteiger partial charge in [0.1, 0.15) is 0 Å². The summed E-state index contributed by atoms with van der Waals surface area (Å²) in [6, 6.07) is 6.56. The van der Waals surface area contributed by atoms with Crippen molar-refractivity contribution in [1.29, 1.82) is 0 Å². The Bertz CT molecular complexity index is 683. The molecule has 0 saturated carbocycles. The zero-order valence-corrected chi connectivity index (χ0v) is 15.8. The molecule has 0 unspecified atom stereocenters.